The molecule has 16 heavy (non-hydrogen) atoms. The molecule has 88 valence electrons. The fourth-order valence-corrected chi connectivity index (χ4v) is 2.52. The van der Waals surface area contributed by atoms with Gasteiger partial charge < -0.3 is 10.6 Å². The number of amides is 1. The number of anilines is 1. The van der Waals surface area contributed by atoms with E-state index in [1.807, 2.05) is 6.92 Å². The molecule has 1 aromatic rings. The van der Waals surface area contributed by atoms with Crippen molar-refractivity contribution in [1.29, 1.82) is 0 Å². The lowest BCUT2D eigenvalue weighted by atomic mass is 10.2. The Morgan fingerprint density at radius 3 is 2.62 bits per heavy atom. The van der Waals surface area contributed by atoms with E-state index < -0.39 is 10.8 Å². The maximum absolute atomic E-state index is 11.9. The lowest BCUT2D eigenvalue weighted by molar-refractivity contribution is -0.125. The second-order valence-electron chi connectivity index (χ2n) is 3.75. The van der Waals surface area contributed by atoms with Crippen LogP contribution in [0.2, 0.25) is 0 Å². The van der Waals surface area contributed by atoms with Crippen molar-refractivity contribution in [3.63, 3.8) is 0 Å². The van der Waals surface area contributed by atoms with Crippen molar-refractivity contribution < 1.29 is 9.00 Å². The predicted molar refractivity (Wildman–Crippen MR) is 65.6 cm³/mol. The Morgan fingerprint density at radius 1 is 1.44 bits per heavy atom. The summed E-state index contributed by atoms with van der Waals surface area (Å²) in [5.74, 6) is -0.155. The molecule has 1 aromatic carbocycles. The quantitative estimate of drug-likeness (QED) is 0.794. The Hall–Kier alpha value is -1.36. The molecule has 4 nitrogen and oxygen atoms in total. The van der Waals surface area contributed by atoms with Crippen LogP contribution >= 0.6 is 0 Å². The summed E-state index contributed by atoms with van der Waals surface area (Å²) < 4.78 is 11.9. The Kier molecular flexibility index (Phi) is 4.06. The van der Waals surface area contributed by atoms with E-state index in [1.54, 1.807) is 32.3 Å². The van der Waals surface area contributed by atoms with E-state index in [4.69, 9.17) is 5.73 Å². The van der Waals surface area contributed by atoms with Gasteiger partial charge in [0.05, 0.1) is 10.8 Å². The average molecular weight is 240 g/mol. The number of rotatable bonds is 3. The van der Waals surface area contributed by atoms with Crippen LogP contribution in [0.15, 0.2) is 23.1 Å². The number of nitrogens with two attached hydrogens (primary N) is 1. The molecular formula is C11H16N2O2S. The van der Waals surface area contributed by atoms with Crippen LogP contribution in [0, 0.1) is 6.92 Å². The highest BCUT2D eigenvalue weighted by Crippen LogP contribution is 2.19. The van der Waals surface area contributed by atoms with Crippen LogP contribution in [-0.4, -0.2) is 34.9 Å². The normalized spacial score (nSPS) is 12.2. The number of nitrogens with zero attached hydrogens (tertiary/aromatic N) is 1. The van der Waals surface area contributed by atoms with E-state index in [0.717, 1.165) is 5.56 Å². The lowest BCUT2D eigenvalue weighted by Gasteiger charge is -2.11. The number of nitrogen functional groups attached to an aromatic ring is 1. The molecule has 0 radical (unpaired) electrons. The van der Waals surface area contributed by atoms with Crippen LogP contribution in [0.5, 0.6) is 0 Å². The van der Waals surface area contributed by atoms with Gasteiger partial charge >= 0.3 is 0 Å². The van der Waals surface area contributed by atoms with Gasteiger partial charge in [0, 0.05) is 24.7 Å². The first kappa shape index (κ1) is 12.7. The fourth-order valence-electron chi connectivity index (χ4n) is 1.20. The van der Waals surface area contributed by atoms with Crippen molar-refractivity contribution in [2.75, 3.05) is 25.6 Å². The van der Waals surface area contributed by atoms with Gasteiger partial charge in [-0.1, -0.05) is 6.07 Å². The third-order valence-corrected chi connectivity index (χ3v) is 3.77. The standard InChI is InChI=1S/C11H16N2O2S/c1-8-9(12)5-4-6-10(8)16(15)7-11(14)13(2)3/h4-6H,7,12H2,1-3H3. The van der Waals surface area contributed by atoms with Gasteiger partial charge in [-0.2, -0.15) is 0 Å². The summed E-state index contributed by atoms with van der Waals surface area (Å²) >= 11 is 0. The minimum Gasteiger partial charge on any atom is -0.398 e. The van der Waals surface area contributed by atoms with Gasteiger partial charge in [-0.05, 0) is 24.6 Å². The molecule has 0 heterocycles. The largest absolute Gasteiger partial charge is 0.398 e. The molecule has 0 saturated heterocycles. The van der Waals surface area contributed by atoms with E-state index in [0.29, 0.717) is 10.6 Å². The van der Waals surface area contributed by atoms with Gasteiger partial charge in [-0.25, -0.2) is 0 Å². The molecule has 1 rings (SSSR count). The Morgan fingerprint density at radius 2 is 2.06 bits per heavy atom. The number of hydrogen-bond acceptors (Lipinski definition) is 3. The van der Waals surface area contributed by atoms with Crippen molar-refractivity contribution >= 4 is 22.4 Å². The number of carbonyl (C=O) groups is 1. The second-order valence-corrected chi connectivity index (χ2v) is 5.17. The molecule has 1 unspecified atom stereocenters. The van der Waals surface area contributed by atoms with Crippen molar-refractivity contribution in [2.24, 2.45) is 0 Å². The number of benzene rings is 1. The Labute approximate surface area is 97.9 Å². The average Bonchev–Trinajstić information content (AvgIpc) is 2.21. The summed E-state index contributed by atoms with van der Waals surface area (Å²) in [5, 5.41) is 0. The van der Waals surface area contributed by atoms with Crippen molar-refractivity contribution in [3.05, 3.63) is 23.8 Å². The Bertz CT molecular complexity index is 430. The van der Waals surface area contributed by atoms with Crippen molar-refractivity contribution in [1.82, 2.24) is 4.90 Å². The first-order valence-electron chi connectivity index (χ1n) is 4.87. The van der Waals surface area contributed by atoms with E-state index in [9.17, 15) is 9.00 Å². The third kappa shape index (κ3) is 2.82. The maximum Gasteiger partial charge on any atom is 0.235 e. The van der Waals surface area contributed by atoms with Crippen molar-refractivity contribution in [2.45, 2.75) is 11.8 Å². The monoisotopic (exact) mass is 240 g/mol. The zero-order valence-corrected chi connectivity index (χ0v) is 10.5. The van der Waals surface area contributed by atoms with Gasteiger partial charge in [0.25, 0.3) is 0 Å². The van der Waals surface area contributed by atoms with Gasteiger partial charge in [-0.3, -0.25) is 9.00 Å². The molecule has 0 aromatic heterocycles. The summed E-state index contributed by atoms with van der Waals surface area (Å²) in [6, 6.07) is 5.24. The van der Waals surface area contributed by atoms with Crippen LogP contribution in [0.1, 0.15) is 5.56 Å². The van der Waals surface area contributed by atoms with E-state index in [2.05, 4.69) is 0 Å². The first-order valence-corrected chi connectivity index (χ1v) is 6.19. The zero-order chi connectivity index (χ0) is 12.3. The Balaban J connectivity index is 2.89. The van der Waals surface area contributed by atoms with Crippen LogP contribution in [0.4, 0.5) is 5.69 Å². The van der Waals surface area contributed by atoms with Crippen LogP contribution in [-0.2, 0) is 15.6 Å². The number of carbonyl (C=O) groups excluding carboxylic acids is 1. The SMILES string of the molecule is Cc1c(N)cccc1S(=O)CC(=O)N(C)C. The predicted octanol–water partition coefficient (Wildman–Crippen LogP) is 0.773. The van der Waals surface area contributed by atoms with Crippen molar-refractivity contribution in [3.8, 4) is 0 Å². The van der Waals surface area contributed by atoms with Crippen LogP contribution in [0.25, 0.3) is 0 Å². The molecule has 1 amide bonds. The second kappa shape index (κ2) is 5.12. The lowest BCUT2D eigenvalue weighted by Crippen LogP contribution is -2.27. The molecule has 0 aliphatic heterocycles. The fraction of sp³-hybridized carbons (Fsp3) is 0.364. The van der Waals surface area contributed by atoms with E-state index >= 15 is 0 Å². The van der Waals surface area contributed by atoms with Gasteiger partial charge in [0.15, 0.2) is 0 Å². The molecule has 0 bridgehead atoms. The highest BCUT2D eigenvalue weighted by atomic mass is 32.2. The van der Waals surface area contributed by atoms with Gasteiger partial charge in [0.1, 0.15) is 5.75 Å². The zero-order valence-electron chi connectivity index (χ0n) is 9.69. The van der Waals surface area contributed by atoms with Crippen LogP contribution in [0.3, 0.4) is 0 Å². The highest BCUT2D eigenvalue weighted by Gasteiger charge is 2.14. The topological polar surface area (TPSA) is 63.4 Å². The molecule has 1 atom stereocenters. The first-order chi connectivity index (χ1) is 7.43. The van der Waals surface area contributed by atoms with Crippen LogP contribution < -0.4 is 5.73 Å². The molecule has 0 aliphatic rings. The molecule has 0 aliphatic carbocycles. The summed E-state index contributed by atoms with van der Waals surface area (Å²) in [4.78, 5) is 13.5. The minimum atomic E-state index is -1.33. The highest BCUT2D eigenvalue weighted by molar-refractivity contribution is 7.85. The smallest absolute Gasteiger partial charge is 0.235 e. The van der Waals surface area contributed by atoms with Gasteiger partial charge in [0.2, 0.25) is 5.91 Å². The summed E-state index contributed by atoms with van der Waals surface area (Å²) in [5.41, 5.74) is 7.10. The molecule has 0 saturated carbocycles. The molecule has 0 fully saturated rings. The molecule has 5 heteroatoms. The summed E-state index contributed by atoms with van der Waals surface area (Å²) in [6.45, 7) is 1.81. The third-order valence-electron chi connectivity index (χ3n) is 2.32. The number of hydrogen-bond donors (Lipinski definition) is 1. The minimum absolute atomic E-state index is 0.00269. The molecule has 0 spiro atoms. The molecule has 2 N–H and O–H groups in total. The molecular weight excluding hydrogens is 224 g/mol. The summed E-state index contributed by atoms with van der Waals surface area (Å²) in [6.07, 6.45) is 0. The van der Waals surface area contributed by atoms with E-state index in [-0.39, 0.29) is 11.7 Å². The maximum atomic E-state index is 11.9. The summed E-state index contributed by atoms with van der Waals surface area (Å²) in [7, 11) is 1.96. The van der Waals surface area contributed by atoms with E-state index in [1.165, 1.54) is 4.90 Å². The van der Waals surface area contributed by atoms with Gasteiger partial charge in [-0.15, -0.1) is 0 Å².